The van der Waals surface area contributed by atoms with E-state index >= 15 is 0 Å². The summed E-state index contributed by atoms with van der Waals surface area (Å²) in [6.45, 7) is 5.78. The average Bonchev–Trinajstić information content (AvgIpc) is 2.20. The van der Waals surface area contributed by atoms with Crippen LogP contribution in [0.25, 0.3) is 0 Å². The molecule has 0 saturated carbocycles. The van der Waals surface area contributed by atoms with E-state index in [-0.39, 0.29) is 19.5 Å². The maximum Gasteiger partial charge on any atom is 0.407 e. The monoisotopic (exact) mass is 249 g/mol. The summed E-state index contributed by atoms with van der Waals surface area (Å²) in [5.74, 6) is 0. The standard InChI is InChI=1S/C11H23NO5/c1-11(2,3)17-10(14)12-6-5-9(7-13)16-8-15-4/h9,13H,5-8H2,1-4H3,(H,12,14). The van der Waals surface area contributed by atoms with Crippen LogP contribution in [0.3, 0.4) is 0 Å². The third-order valence-electron chi connectivity index (χ3n) is 1.76. The Hall–Kier alpha value is -0.850. The Morgan fingerprint density at radius 2 is 2.06 bits per heavy atom. The second-order valence-corrected chi connectivity index (χ2v) is 4.60. The molecule has 102 valence electrons. The van der Waals surface area contributed by atoms with Crippen molar-refractivity contribution in [1.29, 1.82) is 0 Å². The van der Waals surface area contributed by atoms with E-state index in [0.29, 0.717) is 13.0 Å². The topological polar surface area (TPSA) is 77.0 Å². The molecule has 0 aliphatic carbocycles. The molecule has 2 N–H and O–H groups in total. The molecule has 6 nitrogen and oxygen atoms in total. The Labute approximate surface area is 102 Å². The van der Waals surface area contributed by atoms with Crippen LogP contribution < -0.4 is 5.32 Å². The maximum atomic E-state index is 11.3. The smallest absolute Gasteiger partial charge is 0.407 e. The molecule has 1 atom stereocenters. The Morgan fingerprint density at radius 1 is 1.41 bits per heavy atom. The summed E-state index contributed by atoms with van der Waals surface area (Å²) in [5.41, 5.74) is -0.507. The number of aliphatic hydroxyl groups is 1. The number of methoxy groups -OCH3 is 1. The molecule has 0 aliphatic heterocycles. The van der Waals surface area contributed by atoms with Crippen LogP contribution in [-0.2, 0) is 14.2 Å². The number of carbonyl (C=O) groups excluding carboxylic acids is 1. The van der Waals surface area contributed by atoms with Gasteiger partial charge >= 0.3 is 6.09 Å². The van der Waals surface area contributed by atoms with E-state index in [1.807, 2.05) is 0 Å². The van der Waals surface area contributed by atoms with Gasteiger partial charge in [0.25, 0.3) is 0 Å². The van der Waals surface area contributed by atoms with Gasteiger partial charge in [0.2, 0.25) is 0 Å². The van der Waals surface area contributed by atoms with Gasteiger partial charge in [-0.3, -0.25) is 0 Å². The van der Waals surface area contributed by atoms with E-state index < -0.39 is 11.7 Å². The molecule has 0 aliphatic rings. The third-order valence-corrected chi connectivity index (χ3v) is 1.76. The number of amides is 1. The molecule has 0 saturated heterocycles. The second-order valence-electron chi connectivity index (χ2n) is 4.60. The number of aliphatic hydroxyl groups excluding tert-OH is 1. The molecule has 0 aromatic carbocycles. The highest BCUT2D eigenvalue weighted by Crippen LogP contribution is 2.06. The second kappa shape index (κ2) is 8.27. The maximum absolute atomic E-state index is 11.3. The van der Waals surface area contributed by atoms with E-state index in [2.05, 4.69) is 5.32 Å². The van der Waals surface area contributed by atoms with Crippen LogP contribution in [0.15, 0.2) is 0 Å². The van der Waals surface area contributed by atoms with Gasteiger partial charge in [0.1, 0.15) is 12.4 Å². The zero-order chi connectivity index (χ0) is 13.3. The fourth-order valence-electron chi connectivity index (χ4n) is 1.04. The van der Waals surface area contributed by atoms with Crippen LogP contribution in [0.2, 0.25) is 0 Å². The minimum absolute atomic E-state index is 0.112. The lowest BCUT2D eigenvalue weighted by Crippen LogP contribution is -2.34. The molecule has 17 heavy (non-hydrogen) atoms. The predicted molar refractivity (Wildman–Crippen MR) is 62.7 cm³/mol. The van der Waals surface area contributed by atoms with Crippen molar-refractivity contribution in [2.75, 3.05) is 27.1 Å². The first-order valence-electron chi connectivity index (χ1n) is 5.57. The van der Waals surface area contributed by atoms with E-state index in [1.54, 1.807) is 20.8 Å². The van der Waals surface area contributed by atoms with Gasteiger partial charge in [-0.1, -0.05) is 0 Å². The van der Waals surface area contributed by atoms with Crippen molar-refractivity contribution in [2.45, 2.75) is 38.9 Å². The lowest BCUT2D eigenvalue weighted by atomic mass is 10.2. The van der Waals surface area contributed by atoms with Gasteiger partial charge in [-0.15, -0.1) is 0 Å². The molecule has 0 aromatic heterocycles. The quantitative estimate of drug-likeness (QED) is 0.655. The predicted octanol–water partition coefficient (Wildman–Crippen LogP) is 0.883. The molecular formula is C11H23NO5. The number of hydrogen-bond donors (Lipinski definition) is 2. The van der Waals surface area contributed by atoms with Gasteiger partial charge in [-0.25, -0.2) is 4.79 Å². The van der Waals surface area contributed by atoms with Gasteiger partial charge < -0.3 is 24.6 Å². The van der Waals surface area contributed by atoms with Crippen molar-refractivity contribution in [3.05, 3.63) is 0 Å². The first kappa shape index (κ1) is 16.1. The Balaban J connectivity index is 3.70. The molecule has 0 spiro atoms. The first-order valence-corrected chi connectivity index (χ1v) is 5.57. The summed E-state index contributed by atoms with van der Waals surface area (Å²) < 4.78 is 14.9. The van der Waals surface area contributed by atoms with Crippen LogP contribution in [0.1, 0.15) is 27.2 Å². The molecule has 0 rings (SSSR count). The number of rotatable bonds is 7. The number of ether oxygens (including phenoxy) is 3. The number of hydrogen-bond acceptors (Lipinski definition) is 5. The summed E-state index contributed by atoms with van der Waals surface area (Å²) in [6, 6.07) is 0. The zero-order valence-corrected chi connectivity index (χ0v) is 11.0. The fourth-order valence-corrected chi connectivity index (χ4v) is 1.04. The molecule has 6 heteroatoms. The average molecular weight is 249 g/mol. The molecule has 0 bridgehead atoms. The van der Waals surface area contributed by atoms with Gasteiger partial charge in [0.15, 0.2) is 0 Å². The zero-order valence-electron chi connectivity index (χ0n) is 11.0. The molecule has 0 fully saturated rings. The number of alkyl carbamates (subject to hydrolysis) is 1. The van der Waals surface area contributed by atoms with Gasteiger partial charge in [0.05, 0.1) is 12.7 Å². The highest BCUT2D eigenvalue weighted by Gasteiger charge is 2.16. The minimum atomic E-state index is -0.507. The summed E-state index contributed by atoms with van der Waals surface area (Å²) in [6.07, 6.45) is -0.315. The number of nitrogens with one attached hydrogen (secondary N) is 1. The molecular weight excluding hydrogens is 226 g/mol. The lowest BCUT2D eigenvalue weighted by molar-refractivity contribution is -0.0888. The molecule has 0 aromatic rings. The van der Waals surface area contributed by atoms with E-state index in [9.17, 15) is 4.79 Å². The van der Waals surface area contributed by atoms with Crippen LogP contribution in [0.4, 0.5) is 4.79 Å². The number of carbonyl (C=O) groups is 1. The Morgan fingerprint density at radius 3 is 2.53 bits per heavy atom. The largest absolute Gasteiger partial charge is 0.444 e. The van der Waals surface area contributed by atoms with Crippen LogP contribution in [0, 0.1) is 0 Å². The van der Waals surface area contributed by atoms with Crippen LogP contribution in [0.5, 0.6) is 0 Å². The van der Waals surface area contributed by atoms with E-state index in [0.717, 1.165) is 0 Å². The third kappa shape index (κ3) is 10.0. The lowest BCUT2D eigenvalue weighted by Gasteiger charge is -2.20. The van der Waals surface area contributed by atoms with Crippen molar-refractivity contribution in [3.8, 4) is 0 Å². The van der Waals surface area contributed by atoms with Gasteiger partial charge in [0, 0.05) is 13.7 Å². The van der Waals surface area contributed by atoms with Gasteiger partial charge in [-0.05, 0) is 27.2 Å². The Kier molecular flexibility index (Phi) is 7.86. The summed E-state index contributed by atoms with van der Waals surface area (Å²) in [7, 11) is 1.51. The molecule has 0 radical (unpaired) electrons. The highest BCUT2D eigenvalue weighted by atomic mass is 16.7. The SMILES string of the molecule is COCOC(CO)CCNC(=O)OC(C)(C)C. The summed E-state index contributed by atoms with van der Waals surface area (Å²) in [5, 5.41) is 11.6. The van der Waals surface area contributed by atoms with E-state index in [1.165, 1.54) is 7.11 Å². The Bertz CT molecular complexity index is 214. The normalized spacial score (nSPS) is 13.2. The van der Waals surface area contributed by atoms with Crippen molar-refractivity contribution in [1.82, 2.24) is 5.32 Å². The van der Waals surface area contributed by atoms with Crippen molar-refractivity contribution < 1.29 is 24.1 Å². The van der Waals surface area contributed by atoms with Crippen LogP contribution >= 0.6 is 0 Å². The van der Waals surface area contributed by atoms with Crippen molar-refractivity contribution in [2.24, 2.45) is 0 Å². The summed E-state index contributed by atoms with van der Waals surface area (Å²) in [4.78, 5) is 11.3. The fraction of sp³-hybridized carbons (Fsp3) is 0.909. The van der Waals surface area contributed by atoms with Crippen molar-refractivity contribution >= 4 is 6.09 Å². The van der Waals surface area contributed by atoms with Crippen LogP contribution in [-0.4, -0.2) is 50.0 Å². The molecule has 0 heterocycles. The highest BCUT2D eigenvalue weighted by molar-refractivity contribution is 5.67. The minimum Gasteiger partial charge on any atom is -0.444 e. The summed E-state index contributed by atoms with van der Waals surface area (Å²) >= 11 is 0. The molecule has 1 unspecified atom stereocenters. The van der Waals surface area contributed by atoms with Gasteiger partial charge in [-0.2, -0.15) is 0 Å². The molecule has 1 amide bonds. The van der Waals surface area contributed by atoms with Crippen molar-refractivity contribution in [3.63, 3.8) is 0 Å². The van der Waals surface area contributed by atoms with E-state index in [4.69, 9.17) is 19.3 Å². The first-order chi connectivity index (χ1) is 7.89.